The first-order valence-electron chi connectivity index (χ1n) is 11.4. The van der Waals surface area contributed by atoms with Gasteiger partial charge in [-0.3, -0.25) is 9.69 Å². The quantitative estimate of drug-likeness (QED) is 0.822. The van der Waals surface area contributed by atoms with E-state index in [0.29, 0.717) is 29.5 Å². The molecule has 1 saturated carbocycles. The first-order chi connectivity index (χ1) is 15.2. The lowest BCUT2D eigenvalue weighted by Gasteiger charge is -2.59. The van der Waals surface area contributed by atoms with Crippen LogP contribution in [0.1, 0.15) is 47.5 Å². The van der Waals surface area contributed by atoms with Crippen LogP contribution in [-0.4, -0.2) is 54.5 Å². The highest BCUT2D eigenvalue weighted by Gasteiger charge is 2.53. The van der Waals surface area contributed by atoms with Gasteiger partial charge in [-0.1, -0.05) is 31.0 Å². The number of aliphatic hydroxyl groups excluding tert-OH is 1. The van der Waals surface area contributed by atoms with E-state index >= 15 is 0 Å². The average Bonchev–Trinajstić information content (AvgIpc) is 3.48. The number of carbonyl (C=O) groups is 1. The predicted molar refractivity (Wildman–Crippen MR) is 117 cm³/mol. The van der Waals surface area contributed by atoms with Crippen LogP contribution in [0.5, 0.6) is 11.5 Å². The van der Waals surface area contributed by atoms with Crippen molar-refractivity contribution >= 4 is 11.6 Å². The number of hydrogen-bond acceptors (Lipinski definition) is 5. The predicted octanol–water partition coefficient (Wildman–Crippen LogP) is 3.39. The lowest BCUT2D eigenvalue weighted by molar-refractivity contribution is -0.0513. The molecule has 0 spiro atoms. The summed E-state index contributed by atoms with van der Waals surface area (Å²) < 4.78 is 10.9. The Morgan fingerprint density at radius 3 is 2.71 bits per heavy atom. The normalized spacial score (nSPS) is 27.0. The Morgan fingerprint density at radius 2 is 1.87 bits per heavy atom. The maximum absolute atomic E-state index is 13.6. The van der Waals surface area contributed by atoms with E-state index in [0.717, 1.165) is 12.2 Å². The van der Waals surface area contributed by atoms with Crippen LogP contribution in [0.2, 0.25) is 0 Å². The molecule has 6 heteroatoms. The Balaban J connectivity index is 1.32. The van der Waals surface area contributed by atoms with Gasteiger partial charge in [0.15, 0.2) is 11.5 Å². The maximum atomic E-state index is 13.6. The highest BCUT2D eigenvalue weighted by atomic mass is 16.7. The van der Waals surface area contributed by atoms with Crippen LogP contribution < -0.4 is 14.4 Å². The van der Waals surface area contributed by atoms with Crippen molar-refractivity contribution in [3.05, 3.63) is 53.6 Å². The number of carbonyl (C=O) groups excluding carboxylic acids is 1. The third-order valence-electron chi connectivity index (χ3n) is 7.63. The van der Waals surface area contributed by atoms with Gasteiger partial charge in [-0.2, -0.15) is 0 Å². The molecule has 0 unspecified atom stereocenters. The van der Waals surface area contributed by atoms with Gasteiger partial charge >= 0.3 is 0 Å². The molecule has 1 N–H and O–H groups in total. The van der Waals surface area contributed by atoms with Crippen molar-refractivity contribution in [2.75, 3.05) is 31.4 Å². The van der Waals surface area contributed by atoms with Crippen LogP contribution in [0.15, 0.2) is 42.5 Å². The van der Waals surface area contributed by atoms with Crippen LogP contribution in [0.4, 0.5) is 5.69 Å². The highest BCUT2D eigenvalue weighted by Crippen LogP contribution is 2.49. The minimum atomic E-state index is -0.0162. The Hall–Kier alpha value is -2.57. The molecule has 162 valence electrons. The molecule has 0 radical (unpaired) electrons. The first-order valence-corrected chi connectivity index (χ1v) is 11.4. The van der Waals surface area contributed by atoms with Gasteiger partial charge in [0.1, 0.15) is 0 Å². The SMILES string of the molecule is O=C(c1ccc2c(c1)OCO2)N1C[C@@H]2[C@H](c3ccccc31)[C@@H](CO)N2CC1CCCC1. The van der Waals surface area contributed by atoms with E-state index in [1.807, 2.05) is 35.2 Å². The molecule has 4 aliphatic rings. The standard InChI is InChI=1S/C25H28N2O4/c28-14-21-24-18-7-3-4-8-19(18)27(13-20(24)26(21)12-16-5-1-2-6-16)25(29)17-9-10-22-23(11-17)31-15-30-22/h3-4,7-11,16,20-21,24,28H,1-2,5-6,12-15H2/t20-,21-,24+/m1/s1. The summed E-state index contributed by atoms with van der Waals surface area (Å²) in [6.07, 6.45) is 5.19. The molecule has 3 atom stereocenters. The molecule has 0 bridgehead atoms. The Labute approximate surface area is 182 Å². The molecule has 2 aromatic rings. The summed E-state index contributed by atoms with van der Waals surface area (Å²) in [6, 6.07) is 14.0. The number of rotatable bonds is 4. The van der Waals surface area contributed by atoms with E-state index in [2.05, 4.69) is 11.0 Å². The zero-order valence-corrected chi connectivity index (χ0v) is 17.6. The van der Waals surface area contributed by atoms with Gasteiger partial charge in [0.25, 0.3) is 5.91 Å². The number of hydrogen-bond donors (Lipinski definition) is 1. The van der Waals surface area contributed by atoms with Gasteiger partial charge in [-0.15, -0.1) is 0 Å². The molecule has 31 heavy (non-hydrogen) atoms. The number of nitrogens with zero attached hydrogens (tertiary/aromatic N) is 2. The molecule has 6 rings (SSSR count). The molecule has 6 nitrogen and oxygen atoms in total. The van der Waals surface area contributed by atoms with Gasteiger partial charge in [-0.05, 0) is 48.6 Å². The summed E-state index contributed by atoms with van der Waals surface area (Å²) >= 11 is 0. The van der Waals surface area contributed by atoms with Crippen molar-refractivity contribution in [3.8, 4) is 11.5 Å². The third-order valence-corrected chi connectivity index (χ3v) is 7.63. The second-order valence-electron chi connectivity index (χ2n) is 9.23. The summed E-state index contributed by atoms with van der Waals surface area (Å²) in [5, 5.41) is 10.2. The number of likely N-dealkylation sites (tertiary alicyclic amines) is 1. The van der Waals surface area contributed by atoms with Crippen molar-refractivity contribution in [2.45, 2.75) is 43.7 Å². The Kier molecular flexibility index (Phi) is 4.65. The molecule has 1 aliphatic carbocycles. The fourth-order valence-electron chi connectivity index (χ4n) is 6.11. The first kappa shape index (κ1) is 19.1. The van der Waals surface area contributed by atoms with Gasteiger partial charge < -0.3 is 19.5 Å². The van der Waals surface area contributed by atoms with Crippen molar-refractivity contribution in [1.29, 1.82) is 0 Å². The van der Waals surface area contributed by atoms with E-state index in [4.69, 9.17) is 9.47 Å². The number of aliphatic hydroxyl groups is 1. The number of benzene rings is 2. The fourth-order valence-corrected chi connectivity index (χ4v) is 6.11. The van der Waals surface area contributed by atoms with Crippen LogP contribution in [0.3, 0.4) is 0 Å². The highest BCUT2D eigenvalue weighted by molar-refractivity contribution is 6.07. The summed E-state index contributed by atoms with van der Waals surface area (Å²) in [5.74, 6) is 2.29. The van der Waals surface area contributed by atoms with Gasteiger partial charge in [-0.25, -0.2) is 0 Å². The van der Waals surface area contributed by atoms with Gasteiger partial charge in [0.2, 0.25) is 6.79 Å². The Morgan fingerprint density at radius 1 is 1.06 bits per heavy atom. The van der Waals surface area contributed by atoms with E-state index in [9.17, 15) is 9.90 Å². The fraction of sp³-hybridized carbons (Fsp3) is 0.480. The summed E-state index contributed by atoms with van der Waals surface area (Å²) in [7, 11) is 0. The van der Waals surface area contributed by atoms with Crippen LogP contribution in [0.25, 0.3) is 0 Å². The molecular formula is C25H28N2O4. The number of amides is 1. The molecule has 2 fully saturated rings. The number of para-hydroxylation sites is 1. The zero-order valence-electron chi connectivity index (χ0n) is 17.6. The van der Waals surface area contributed by atoms with Crippen molar-refractivity contribution < 1.29 is 19.4 Å². The van der Waals surface area contributed by atoms with E-state index in [1.165, 1.54) is 31.2 Å². The largest absolute Gasteiger partial charge is 0.454 e. The smallest absolute Gasteiger partial charge is 0.258 e. The van der Waals surface area contributed by atoms with Crippen molar-refractivity contribution in [3.63, 3.8) is 0 Å². The molecule has 1 amide bonds. The topological polar surface area (TPSA) is 62.2 Å². The molecule has 2 aromatic carbocycles. The molecule has 0 aromatic heterocycles. The summed E-state index contributed by atoms with van der Waals surface area (Å²) in [5.41, 5.74) is 2.75. The lowest BCUT2D eigenvalue weighted by Crippen LogP contribution is -2.69. The monoisotopic (exact) mass is 420 g/mol. The average molecular weight is 421 g/mol. The number of fused-ring (bicyclic) bond motifs is 4. The zero-order chi connectivity index (χ0) is 20.9. The van der Waals surface area contributed by atoms with E-state index < -0.39 is 0 Å². The van der Waals surface area contributed by atoms with E-state index in [1.54, 1.807) is 6.07 Å². The van der Waals surface area contributed by atoms with Crippen LogP contribution >= 0.6 is 0 Å². The molecule has 1 saturated heterocycles. The second-order valence-corrected chi connectivity index (χ2v) is 9.23. The molecule has 3 aliphatic heterocycles. The van der Waals surface area contributed by atoms with Crippen molar-refractivity contribution in [1.82, 2.24) is 4.90 Å². The van der Waals surface area contributed by atoms with E-state index in [-0.39, 0.29) is 37.3 Å². The van der Waals surface area contributed by atoms with Crippen LogP contribution in [0, 0.1) is 5.92 Å². The lowest BCUT2D eigenvalue weighted by atomic mass is 9.71. The molecule has 3 heterocycles. The van der Waals surface area contributed by atoms with Crippen LogP contribution in [-0.2, 0) is 0 Å². The minimum absolute atomic E-state index is 0.0162. The number of anilines is 1. The summed E-state index contributed by atoms with van der Waals surface area (Å²) in [6.45, 7) is 2.04. The summed E-state index contributed by atoms with van der Waals surface area (Å²) in [4.78, 5) is 18.0. The van der Waals surface area contributed by atoms with Gasteiger partial charge in [0.05, 0.1) is 6.61 Å². The Bertz CT molecular complexity index is 1000. The molecular weight excluding hydrogens is 392 g/mol. The second kappa shape index (κ2) is 7.53. The number of ether oxygens (including phenoxy) is 2. The van der Waals surface area contributed by atoms with Crippen molar-refractivity contribution in [2.24, 2.45) is 5.92 Å². The maximum Gasteiger partial charge on any atom is 0.258 e. The van der Waals surface area contributed by atoms with Gasteiger partial charge in [0, 0.05) is 42.3 Å². The third kappa shape index (κ3) is 3.04. The minimum Gasteiger partial charge on any atom is -0.454 e.